The van der Waals surface area contributed by atoms with Crippen molar-refractivity contribution in [1.29, 1.82) is 0 Å². The zero-order chi connectivity index (χ0) is 22.3. The SMILES string of the molecule is Cc1cc(C)cc(C(=O)c2c(C(C)C)c(=O)[nH]c(=O)n2Cc2nc3ccccc3o2)c1. The number of rotatable bonds is 5. The average Bonchev–Trinajstić information content (AvgIpc) is 3.10. The molecule has 0 unspecified atom stereocenters. The summed E-state index contributed by atoms with van der Waals surface area (Å²) in [5.41, 5.74) is 2.61. The van der Waals surface area contributed by atoms with Crippen LogP contribution in [0.3, 0.4) is 0 Å². The molecule has 2 heterocycles. The molecule has 31 heavy (non-hydrogen) atoms. The van der Waals surface area contributed by atoms with Crippen molar-refractivity contribution in [3.05, 3.63) is 97.1 Å². The monoisotopic (exact) mass is 417 g/mol. The highest BCUT2D eigenvalue weighted by atomic mass is 16.3. The minimum Gasteiger partial charge on any atom is -0.439 e. The van der Waals surface area contributed by atoms with Crippen molar-refractivity contribution in [2.45, 2.75) is 40.2 Å². The van der Waals surface area contributed by atoms with Crippen molar-refractivity contribution in [2.75, 3.05) is 0 Å². The van der Waals surface area contributed by atoms with E-state index in [1.807, 2.05) is 45.9 Å². The van der Waals surface area contributed by atoms with E-state index in [9.17, 15) is 14.4 Å². The van der Waals surface area contributed by atoms with E-state index < -0.39 is 11.2 Å². The number of nitrogens with zero attached hydrogens (tertiary/aromatic N) is 2. The van der Waals surface area contributed by atoms with Crippen molar-refractivity contribution >= 4 is 16.9 Å². The van der Waals surface area contributed by atoms with Crippen molar-refractivity contribution < 1.29 is 9.21 Å². The minimum absolute atomic E-state index is 0.0657. The van der Waals surface area contributed by atoms with E-state index in [4.69, 9.17) is 4.42 Å². The molecule has 0 amide bonds. The highest BCUT2D eigenvalue weighted by Crippen LogP contribution is 2.21. The number of aromatic nitrogens is 3. The van der Waals surface area contributed by atoms with Crippen LogP contribution in [0.25, 0.3) is 11.1 Å². The highest BCUT2D eigenvalue weighted by Gasteiger charge is 2.25. The topological polar surface area (TPSA) is 98.0 Å². The third-order valence-corrected chi connectivity index (χ3v) is 5.14. The van der Waals surface area contributed by atoms with Crippen LogP contribution >= 0.6 is 0 Å². The summed E-state index contributed by atoms with van der Waals surface area (Å²) in [5.74, 6) is -0.376. The van der Waals surface area contributed by atoms with Gasteiger partial charge in [0.2, 0.25) is 11.7 Å². The number of oxazole rings is 1. The van der Waals surface area contributed by atoms with Crippen molar-refractivity contribution in [2.24, 2.45) is 0 Å². The molecule has 0 aliphatic carbocycles. The first-order valence-electron chi connectivity index (χ1n) is 10.1. The maximum atomic E-state index is 13.6. The minimum atomic E-state index is -0.676. The predicted octanol–water partition coefficient (Wildman–Crippen LogP) is 3.70. The standard InChI is InChI=1S/C24H23N3O4/c1-13(2)20-21(22(28)16-10-14(3)9-15(4)11-16)27(24(30)26-23(20)29)12-19-25-17-7-5-6-8-18(17)31-19/h5-11,13H,12H2,1-4H3,(H,26,29,30). The van der Waals surface area contributed by atoms with E-state index >= 15 is 0 Å². The van der Waals surface area contributed by atoms with Gasteiger partial charge in [-0.25, -0.2) is 9.78 Å². The normalized spacial score (nSPS) is 11.4. The van der Waals surface area contributed by atoms with Crippen LogP contribution in [-0.4, -0.2) is 20.3 Å². The molecule has 1 N–H and O–H groups in total. The van der Waals surface area contributed by atoms with E-state index in [0.717, 1.165) is 11.1 Å². The Labute approximate surface area is 178 Å². The summed E-state index contributed by atoms with van der Waals surface area (Å²) in [6.45, 7) is 7.36. The zero-order valence-corrected chi connectivity index (χ0v) is 17.9. The summed E-state index contributed by atoms with van der Waals surface area (Å²) >= 11 is 0. The maximum absolute atomic E-state index is 13.6. The molecule has 0 fully saturated rings. The first-order chi connectivity index (χ1) is 14.7. The van der Waals surface area contributed by atoms with Gasteiger partial charge in [0.15, 0.2) is 5.58 Å². The largest absolute Gasteiger partial charge is 0.439 e. The van der Waals surface area contributed by atoms with Gasteiger partial charge in [0, 0.05) is 11.1 Å². The predicted molar refractivity (Wildman–Crippen MR) is 118 cm³/mol. The first-order valence-corrected chi connectivity index (χ1v) is 10.1. The van der Waals surface area contributed by atoms with Gasteiger partial charge in [-0.2, -0.15) is 0 Å². The number of fused-ring (bicyclic) bond motifs is 1. The molecule has 0 spiro atoms. The van der Waals surface area contributed by atoms with Gasteiger partial charge in [-0.1, -0.05) is 43.2 Å². The number of para-hydroxylation sites is 2. The molecule has 4 rings (SSSR count). The Hall–Kier alpha value is -3.74. The fourth-order valence-corrected chi connectivity index (χ4v) is 3.88. The van der Waals surface area contributed by atoms with Crippen molar-refractivity contribution in [1.82, 2.24) is 14.5 Å². The van der Waals surface area contributed by atoms with E-state index in [2.05, 4.69) is 9.97 Å². The fourth-order valence-electron chi connectivity index (χ4n) is 3.88. The lowest BCUT2D eigenvalue weighted by Gasteiger charge is -2.17. The number of nitrogens with one attached hydrogen (secondary N) is 1. The smallest absolute Gasteiger partial charge is 0.329 e. The average molecular weight is 417 g/mol. The zero-order valence-electron chi connectivity index (χ0n) is 17.9. The molecular formula is C24H23N3O4. The van der Waals surface area contributed by atoms with Crippen LogP contribution < -0.4 is 11.2 Å². The third kappa shape index (κ3) is 3.86. The number of aromatic amines is 1. The Kier molecular flexibility index (Phi) is 5.19. The molecule has 0 saturated heterocycles. The molecular weight excluding hydrogens is 394 g/mol. The molecule has 0 radical (unpaired) electrons. The molecule has 0 aliphatic rings. The molecule has 0 bridgehead atoms. The maximum Gasteiger partial charge on any atom is 0.329 e. The Bertz CT molecular complexity index is 1370. The lowest BCUT2D eigenvalue weighted by atomic mass is 9.95. The van der Waals surface area contributed by atoms with Gasteiger partial charge in [-0.15, -0.1) is 0 Å². The van der Waals surface area contributed by atoms with Crippen LogP contribution in [0.15, 0.2) is 56.5 Å². The summed E-state index contributed by atoms with van der Waals surface area (Å²) in [6, 6.07) is 12.7. The molecule has 7 nitrogen and oxygen atoms in total. The van der Waals surface area contributed by atoms with E-state index in [-0.39, 0.29) is 35.4 Å². The summed E-state index contributed by atoms with van der Waals surface area (Å²) < 4.78 is 7.01. The molecule has 7 heteroatoms. The molecule has 0 atom stereocenters. The van der Waals surface area contributed by atoms with Gasteiger partial charge in [-0.3, -0.25) is 19.1 Å². The van der Waals surface area contributed by atoms with Crippen LogP contribution in [0.1, 0.15) is 58.4 Å². The quantitative estimate of drug-likeness (QED) is 0.499. The molecule has 4 aromatic rings. The third-order valence-electron chi connectivity index (χ3n) is 5.14. The van der Waals surface area contributed by atoms with E-state index in [1.165, 1.54) is 4.57 Å². The number of H-pyrrole nitrogens is 1. The number of carbonyl (C=O) groups is 1. The van der Waals surface area contributed by atoms with Gasteiger partial charge in [0.25, 0.3) is 5.56 Å². The van der Waals surface area contributed by atoms with Crippen LogP contribution in [0.4, 0.5) is 0 Å². The van der Waals surface area contributed by atoms with Gasteiger partial charge < -0.3 is 4.42 Å². The number of benzene rings is 2. The number of carbonyl (C=O) groups excluding carboxylic acids is 1. The molecule has 2 aromatic carbocycles. The van der Waals surface area contributed by atoms with Crippen LogP contribution in [0, 0.1) is 13.8 Å². The van der Waals surface area contributed by atoms with E-state index in [1.54, 1.807) is 24.3 Å². The number of hydrogen-bond donors (Lipinski definition) is 1. The van der Waals surface area contributed by atoms with Crippen molar-refractivity contribution in [3.8, 4) is 0 Å². The fraction of sp³-hybridized carbons (Fsp3) is 0.250. The second-order valence-electron chi connectivity index (χ2n) is 8.04. The van der Waals surface area contributed by atoms with Gasteiger partial charge >= 0.3 is 5.69 Å². The lowest BCUT2D eigenvalue weighted by Crippen LogP contribution is -2.38. The first kappa shape index (κ1) is 20.5. The Morgan fingerprint density at radius 3 is 2.42 bits per heavy atom. The van der Waals surface area contributed by atoms with Crippen LogP contribution in [0.2, 0.25) is 0 Å². The molecule has 158 valence electrons. The van der Waals surface area contributed by atoms with E-state index in [0.29, 0.717) is 16.7 Å². The van der Waals surface area contributed by atoms with Gasteiger partial charge in [0.05, 0.1) is 0 Å². The lowest BCUT2D eigenvalue weighted by molar-refractivity contribution is 0.102. The summed E-state index contributed by atoms with van der Waals surface area (Å²) in [7, 11) is 0. The molecule has 0 aliphatic heterocycles. The second kappa shape index (κ2) is 7.83. The van der Waals surface area contributed by atoms with Crippen LogP contribution in [-0.2, 0) is 6.54 Å². The summed E-state index contributed by atoms with van der Waals surface area (Å²) in [4.78, 5) is 45.8. The van der Waals surface area contributed by atoms with Gasteiger partial charge in [-0.05, 0) is 44.0 Å². The summed E-state index contributed by atoms with van der Waals surface area (Å²) in [6.07, 6.45) is 0. The number of ketones is 1. The number of aryl methyl sites for hydroxylation is 2. The summed E-state index contributed by atoms with van der Waals surface area (Å²) in [5, 5.41) is 0. The van der Waals surface area contributed by atoms with Crippen molar-refractivity contribution in [3.63, 3.8) is 0 Å². The molecule has 0 saturated carbocycles. The highest BCUT2D eigenvalue weighted by molar-refractivity contribution is 6.09. The second-order valence-corrected chi connectivity index (χ2v) is 8.04. The van der Waals surface area contributed by atoms with Gasteiger partial charge in [0.1, 0.15) is 17.8 Å². The number of hydrogen-bond acceptors (Lipinski definition) is 5. The van der Waals surface area contributed by atoms with Crippen LogP contribution in [0.5, 0.6) is 0 Å². The molecule has 2 aromatic heterocycles. The Morgan fingerprint density at radius 2 is 1.77 bits per heavy atom. The Balaban J connectivity index is 1.94. The Morgan fingerprint density at radius 1 is 1.10 bits per heavy atom.